The van der Waals surface area contributed by atoms with Crippen LogP contribution in [0, 0.1) is 5.92 Å². The monoisotopic (exact) mass is 223 g/mol. The normalized spacial score (nSPS) is 24.7. The van der Waals surface area contributed by atoms with Crippen LogP contribution < -0.4 is 0 Å². The number of rotatable bonds is 1. The highest BCUT2D eigenvalue weighted by molar-refractivity contribution is 6.31. The zero-order chi connectivity index (χ0) is 11.0. The lowest BCUT2D eigenvalue weighted by atomic mass is 9.80. The molecule has 0 amide bonds. The Bertz CT molecular complexity index is 403. The quantitative estimate of drug-likeness (QED) is 0.541. The van der Waals surface area contributed by atoms with Crippen LogP contribution in [-0.4, -0.2) is 11.3 Å². The molecule has 0 bridgehead atoms. The highest BCUT2D eigenvalue weighted by Crippen LogP contribution is 2.34. The number of carbonyl (C=O) groups is 1. The molecule has 1 aliphatic rings. The van der Waals surface area contributed by atoms with Crippen molar-refractivity contribution in [2.24, 2.45) is 5.92 Å². The van der Waals surface area contributed by atoms with Crippen LogP contribution in [0.15, 0.2) is 6.07 Å². The Morgan fingerprint density at radius 2 is 2.27 bits per heavy atom. The number of hydrogen-bond donors (Lipinski definition) is 0. The number of aromatic nitrogens is 1. The van der Waals surface area contributed by atoms with Crippen LogP contribution in [0.1, 0.15) is 47.8 Å². The lowest BCUT2D eigenvalue weighted by molar-refractivity contribution is 0.112. The van der Waals surface area contributed by atoms with Gasteiger partial charge in [0.05, 0.1) is 5.56 Å². The molecular weight excluding hydrogens is 210 g/mol. The van der Waals surface area contributed by atoms with Crippen molar-refractivity contribution in [2.45, 2.75) is 32.6 Å². The third-order valence-electron chi connectivity index (χ3n) is 3.07. The molecule has 0 saturated heterocycles. The van der Waals surface area contributed by atoms with E-state index in [9.17, 15) is 4.79 Å². The summed E-state index contributed by atoms with van der Waals surface area (Å²) in [5, 5.41) is 0.338. The van der Waals surface area contributed by atoms with Gasteiger partial charge in [0.2, 0.25) is 0 Å². The summed E-state index contributed by atoms with van der Waals surface area (Å²) in [5.41, 5.74) is 2.77. The number of aldehydes is 1. The molecule has 0 aliphatic heterocycles. The molecule has 0 saturated carbocycles. The van der Waals surface area contributed by atoms with Crippen LogP contribution in [0.4, 0.5) is 0 Å². The summed E-state index contributed by atoms with van der Waals surface area (Å²) in [4.78, 5) is 15.1. The third kappa shape index (κ3) is 1.91. The van der Waals surface area contributed by atoms with Gasteiger partial charge in [0.25, 0.3) is 0 Å². The van der Waals surface area contributed by atoms with E-state index >= 15 is 0 Å². The van der Waals surface area contributed by atoms with E-state index in [1.807, 2.05) is 6.07 Å². The number of halogens is 1. The highest BCUT2D eigenvalue weighted by Gasteiger charge is 2.23. The fourth-order valence-electron chi connectivity index (χ4n) is 2.37. The van der Waals surface area contributed by atoms with Gasteiger partial charge in [-0.25, -0.2) is 4.98 Å². The van der Waals surface area contributed by atoms with Gasteiger partial charge in [0, 0.05) is 5.69 Å². The molecule has 0 N–H and O–H groups in total. The summed E-state index contributed by atoms with van der Waals surface area (Å²) in [6, 6.07) is 1.90. The predicted molar refractivity (Wildman–Crippen MR) is 60.5 cm³/mol. The molecule has 0 radical (unpaired) electrons. The number of hydrogen-bond acceptors (Lipinski definition) is 2. The summed E-state index contributed by atoms with van der Waals surface area (Å²) in [7, 11) is 0. The maximum Gasteiger partial charge on any atom is 0.153 e. The minimum Gasteiger partial charge on any atom is -0.298 e. The van der Waals surface area contributed by atoms with Gasteiger partial charge in [-0.3, -0.25) is 4.79 Å². The van der Waals surface area contributed by atoms with Gasteiger partial charge in [-0.2, -0.15) is 0 Å². The molecule has 0 spiro atoms. The van der Waals surface area contributed by atoms with Crippen molar-refractivity contribution in [3.8, 4) is 0 Å². The molecule has 0 aromatic carbocycles. The molecule has 1 aromatic rings. The van der Waals surface area contributed by atoms with Crippen LogP contribution in [0.25, 0.3) is 0 Å². The fourth-order valence-corrected chi connectivity index (χ4v) is 2.58. The molecule has 1 heterocycles. The summed E-state index contributed by atoms with van der Waals surface area (Å²) in [5.74, 6) is 1.13. The predicted octanol–water partition coefficient (Wildman–Crippen LogP) is 3.23. The van der Waals surface area contributed by atoms with E-state index in [0.29, 0.717) is 22.6 Å². The van der Waals surface area contributed by atoms with Crippen molar-refractivity contribution in [3.63, 3.8) is 0 Å². The SMILES string of the molecule is CC1Cc2nc(Cl)c(C=O)cc2C(C)C1. The van der Waals surface area contributed by atoms with Crippen LogP contribution in [0.5, 0.6) is 0 Å². The van der Waals surface area contributed by atoms with Gasteiger partial charge in [0.15, 0.2) is 6.29 Å². The van der Waals surface area contributed by atoms with Gasteiger partial charge in [-0.1, -0.05) is 25.4 Å². The van der Waals surface area contributed by atoms with E-state index in [-0.39, 0.29) is 0 Å². The summed E-state index contributed by atoms with van der Waals surface area (Å²) in [6.45, 7) is 4.40. The molecule has 3 heteroatoms. The first-order valence-electron chi connectivity index (χ1n) is 5.26. The molecule has 2 unspecified atom stereocenters. The average Bonchev–Trinajstić information content (AvgIpc) is 2.16. The van der Waals surface area contributed by atoms with Gasteiger partial charge >= 0.3 is 0 Å². The Balaban J connectivity index is 2.51. The zero-order valence-electron chi connectivity index (χ0n) is 8.96. The maximum absolute atomic E-state index is 10.8. The van der Waals surface area contributed by atoms with Crippen LogP contribution in [0.3, 0.4) is 0 Å². The number of fused-ring (bicyclic) bond motifs is 1. The fraction of sp³-hybridized carbons (Fsp3) is 0.500. The van der Waals surface area contributed by atoms with Crippen molar-refractivity contribution in [1.29, 1.82) is 0 Å². The summed E-state index contributed by atoms with van der Waals surface area (Å²) in [6.07, 6.45) is 2.91. The average molecular weight is 224 g/mol. The molecule has 1 aromatic heterocycles. The van der Waals surface area contributed by atoms with E-state index in [1.165, 1.54) is 5.56 Å². The number of pyridine rings is 1. The van der Waals surface area contributed by atoms with Crippen LogP contribution in [0.2, 0.25) is 5.15 Å². The first-order valence-corrected chi connectivity index (χ1v) is 5.64. The van der Waals surface area contributed by atoms with Gasteiger partial charge < -0.3 is 0 Å². The molecule has 15 heavy (non-hydrogen) atoms. The van der Waals surface area contributed by atoms with E-state index in [4.69, 9.17) is 11.6 Å². The second kappa shape index (κ2) is 3.93. The standard InChI is InChI=1S/C12H14ClNO/c1-7-3-8(2)10-5-9(6-15)12(13)14-11(10)4-7/h5-8H,3-4H2,1-2H3. The van der Waals surface area contributed by atoms with Gasteiger partial charge in [-0.15, -0.1) is 0 Å². The largest absolute Gasteiger partial charge is 0.298 e. The first-order chi connectivity index (χ1) is 7.11. The third-order valence-corrected chi connectivity index (χ3v) is 3.37. The van der Waals surface area contributed by atoms with E-state index in [1.54, 1.807) is 0 Å². The smallest absolute Gasteiger partial charge is 0.153 e. The van der Waals surface area contributed by atoms with E-state index in [2.05, 4.69) is 18.8 Å². The Labute approximate surface area is 94.7 Å². The van der Waals surface area contributed by atoms with Crippen molar-refractivity contribution >= 4 is 17.9 Å². The lowest BCUT2D eigenvalue weighted by Crippen LogP contribution is -2.17. The maximum atomic E-state index is 10.8. The highest BCUT2D eigenvalue weighted by atomic mass is 35.5. The zero-order valence-corrected chi connectivity index (χ0v) is 9.71. The Morgan fingerprint density at radius 1 is 1.53 bits per heavy atom. The van der Waals surface area contributed by atoms with Crippen molar-refractivity contribution in [2.75, 3.05) is 0 Å². The summed E-state index contributed by atoms with van der Waals surface area (Å²) < 4.78 is 0. The van der Waals surface area contributed by atoms with Gasteiger partial charge in [-0.05, 0) is 36.3 Å². The number of carbonyl (C=O) groups excluding carboxylic acids is 1. The van der Waals surface area contributed by atoms with Crippen molar-refractivity contribution in [1.82, 2.24) is 4.98 Å². The Hall–Kier alpha value is -0.890. The second-order valence-electron chi connectivity index (χ2n) is 4.47. The molecular formula is C12H14ClNO. The molecule has 2 atom stereocenters. The molecule has 80 valence electrons. The molecule has 0 fully saturated rings. The summed E-state index contributed by atoms with van der Waals surface area (Å²) >= 11 is 5.91. The Kier molecular flexibility index (Phi) is 2.79. The minimum absolute atomic E-state index is 0.338. The van der Waals surface area contributed by atoms with Crippen molar-refractivity contribution in [3.05, 3.63) is 28.0 Å². The molecule has 2 nitrogen and oxygen atoms in total. The Morgan fingerprint density at radius 3 is 2.93 bits per heavy atom. The van der Waals surface area contributed by atoms with Crippen LogP contribution >= 0.6 is 11.6 Å². The second-order valence-corrected chi connectivity index (χ2v) is 4.83. The van der Waals surface area contributed by atoms with Gasteiger partial charge in [0.1, 0.15) is 5.15 Å². The molecule has 2 rings (SSSR count). The minimum atomic E-state index is 0.338. The first kappa shape index (κ1) is 10.6. The number of nitrogens with zero attached hydrogens (tertiary/aromatic N) is 1. The van der Waals surface area contributed by atoms with Crippen molar-refractivity contribution < 1.29 is 4.79 Å². The van der Waals surface area contributed by atoms with E-state index < -0.39 is 0 Å². The molecule has 1 aliphatic carbocycles. The van der Waals surface area contributed by atoms with Crippen LogP contribution in [-0.2, 0) is 6.42 Å². The van der Waals surface area contributed by atoms with E-state index in [0.717, 1.165) is 24.8 Å². The topological polar surface area (TPSA) is 30.0 Å². The lowest BCUT2D eigenvalue weighted by Gasteiger charge is -2.26.